The Morgan fingerprint density at radius 2 is 1.30 bits per heavy atom. The van der Waals surface area contributed by atoms with Crippen LogP contribution < -0.4 is 0 Å². The van der Waals surface area contributed by atoms with E-state index in [1.54, 1.807) is 36.4 Å². The zero-order chi connectivity index (χ0) is 17.6. The summed E-state index contributed by atoms with van der Waals surface area (Å²) in [5, 5.41) is 9.56. The van der Waals surface area contributed by atoms with Crippen molar-refractivity contribution in [1.29, 1.82) is 0 Å². The van der Waals surface area contributed by atoms with Crippen molar-refractivity contribution in [3.8, 4) is 0 Å². The number of aromatic carboxylic acids is 1. The highest BCUT2D eigenvalue weighted by molar-refractivity contribution is 8.31. The second kappa shape index (κ2) is 8.31. The summed E-state index contributed by atoms with van der Waals surface area (Å²) >= 11 is 5.74. The largest absolute Gasteiger partial charge is 0.478 e. The number of hydrogen-bond acceptors (Lipinski definition) is 4. The molecule has 5 nitrogen and oxygen atoms in total. The van der Waals surface area contributed by atoms with Gasteiger partial charge in [0.15, 0.2) is 5.78 Å². The lowest BCUT2D eigenvalue weighted by Gasteiger charge is -2.05. The molecule has 0 amide bonds. The fraction of sp³-hybridized carbons (Fsp3) is 0. The van der Waals surface area contributed by atoms with E-state index in [4.69, 9.17) is 25.1 Å². The van der Waals surface area contributed by atoms with Gasteiger partial charge in [0.2, 0.25) is 0 Å². The summed E-state index contributed by atoms with van der Waals surface area (Å²) in [6.07, 6.45) is 0. The van der Waals surface area contributed by atoms with Crippen molar-refractivity contribution in [2.45, 2.75) is 0 Å². The average molecular weight is 396 g/mol. The van der Waals surface area contributed by atoms with Crippen LogP contribution in [0.25, 0.3) is 0 Å². The Labute approximate surface area is 146 Å². The molecule has 23 heavy (non-hydrogen) atoms. The van der Waals surface area contributed by atoms with Gasteiger partial charge in [-0.15, -0.1) is 0 Å². The minimum Gasteiger partial charge on any atom is -0.478 e. The molecule has 0 aliphatic rings. The maximum atomic E-state index is 12.2. The molecule has 0 unspecified atom stereocenters. The van der Waals surface area contributed by atoms with E-state index < -0.39 is 14.2 Å². The van der Waals surface area contributed by atoms with Crippen molar-refractivity contribution >= 4 is 53.0 Å². The van der Waals surface area contributed by atoms with E-state index in [1.807, 2.05) is 0 Å². The van der Waals surface area contributed by atoms with Crippen LogP contribution in [-0.2, 0) is 8.26 Å². The number of hydrogen-bond donors (Lipinski definition) is 1. The molecule has 0 spiro atoms. The summed E-state index contributed by atoms with van der Waals surface area (Å²) in [7, 11) is 4.81. The van der Waals surface area contributed by atoms with Crippen molar-refractivity contribution in [2.24, 2.45) is 0 Å². The highest BCUT2D eigenvalue weighted by atomic mass is 36.0. The number of carbonyl (C=O) groups excluding carboxylic acids is 1. The second-order valence-corrected chi connectivity index (χ2v) is 8.17. The molecule has 2 aromatic carbocycles. The number of carboxylic acids is 1. The molecule has 1 N–H and O–H groups in total. The van der Waals surface area contributed by atoms with E-state index in [9.17, 15) is 9.59 Å². The molecular weight excluding hydrogens is 387 g/mol. The molecule has 0 atom stereocenters. The van der Waals surface area contributed by atoms with Crippen LogP contribution in [-0.4, -0.2) is 25.3 Å². The lowest BCUT2D eigenvalue weighted by molar-refractivity contribution is 0.0693. The number of rotatable bonds is 3. The molecule has 122 valence electrons. The monoisotopic (exact) mass is 394 g/mol. The third kappa shape index (κ3) is 7.00. The first-order valence-electron chi connectivity index (χ1n) is 5.86. The summed E-state index contributed by atoms with van der Waals surface area (Å²) < 4.78 is 18.3. The molecule has 0 radical (unpaired) electrons. The molecule has 0 bridgehead atoms. The van der Waals surface area contributed by atoms with E-state index in [1.165, 1.54) is 12.1 Å². The van der Waals surface area contributed by atoms with Gasteiger partial charge in [-0.1, -0.05) is 29.8 Å². The van der Waals surface area contributed by atoms with Crippen LogP contribution in [0.15, 0.2) is 48.5 Å². The maximum Gasteiger partial charge on any atom is 0.336 e. The molecular formula is C14H9Cl3O5S. The van der Waals surface area contributed by atoms with E-state index >= 15 is 0 Å². The lowest BCUT2D eigenvalue weighted by Crippen LogP contribution is -2.09. The van der Waals surface area contributed by atoms with Gasteiger partial charge >= 0.3 is 14.2 Å². The summed E-state index contributed by atoms with van der Waals surface area (Å²) in [4.78, 5) is 23.2. The van der Waals surface area contributed by atoms with Gasteiger partial charge in [0.1, 0.15) is 0 Å². The van der Waals surface area contributed by atoms with E-state index in [0.717, 1.165) is 0 Å². The summed E-state index contributed by atoms with van der Waals surface area (Å²) in [6.45, 7) is 0. The third-order valence-corrected chi connectivity index (χ3v) is 2.76. The molecule has 0 aliphatic heterocycles. The van der Waals surface area contributed by atoms with Crippen molar-refractivity contribution in [3.05, 3.63) is 70.2 Å². The summed E-state index contributed by atoms with van der Waals surface area (Å²) in [5.41, 5.74) is 0.581. The quantitative estimate of drug-likeness (QED) is 0.627. The molecule has 0 fully saturated rings. The Morgan fingerprint density at radius 3 is 1.74 bits per heavy atom. The zero-order valence-electron chi connectivity index (χ0n) is 11.2. The zero-order valence-corrected chi connectivity index (χ0v) is 14.3. The van der Waals surface area contributed by atoms with Crippen molar-refractivity contribution in [3.63, 3.8) is 0 Å². The summed E-state index contributed by atoms with van der Waals surface area (Å²) in [5.74, 6) is -1.45. The van der Waals surface area contributed by atoms with Crippen molar-refractivity contribution in [1.82, 2.24) is 0 Å². The SMILES string of the molecule is O=C(O)c1ccccc1C(=O)c1ccc(Cl)cc1.O=S(=O)(Cl)Cl. The Hall–Kier alpha value is -1.60. The van der Waals surface area contributed by atoms with Gasteiger partial charge in [-0.05, 0) is 30.3 Å². The van der Waals surface area contributed by atoms with Gasteiger partial charge in [-0.25, -0.2) is 4.79 Å². The van der Waals surface area contributed by atoms with Crippen LogP contribution in [0.5, 0.6) is 0 Å². The predicted molar refractivity (Wildman–Crippen MR) is 88.9 cm³/mol. The van der Waals surface area contributed by atoms with Crippen LogP contribution in [0, 0.1) is 0 Å². The Bertz CT molecular complexity index is 809. The van der Waals surface area contributed by atoms with Crippen LogP contribution >= 0.6 is 33.0 Å². The minimum absolute atomic E-state index is 0.00236. The van der Waals surface area contributed by atoms with E-state index in [-0.39, 0.29) is 16.9 Å². The average Bonchev–Trinajstić information content (AvgIpc) is 2.45. The van der Waals surface area contributed by atoms with Gasteiger partial charge in [-0.2, -0.15) is 8.42 Å². The Balaban J connectivity index is 0.000000463. The molecule has 9 heteroatoms. The predicted octanol–water partition coefficient (Wildman–Crippen LogP) is 3.98. The summed E-state index contributed by atoms with van der Waals surface area (Å²) in [6, 6.07) is 12.5. The first-order valence-corrected chi connectivity index (χ1v) is 9.37. The van der Waals surface area contributed by atoms with Gasteiger partial charge in [0, 0.05) is 37.5 Å². The van der Waals surface area contributed by atoms with Crippen LogP contribution in [0.4, 0.5) is 0 Å². The smallest absolute Gasteiger partial charge is 0.336 e. The van der Waals surface area contributed by atoms with Crippen LogP contribution in [0.2, 0.25) is 5.02 Å². The van der Waals surface area contributed by atoms with Crippen molar-refractivity contribution in [2.75, 3.05) is 0 Å². The standard InChI is InChI=1S/C14H9ClO3.Cl2O2S/c15-10-7-5-9(6-8-10)13(16)11-3-1-2-4-12(11)14(17)18;1-5(2,3)4/h1-8H,(H,17,18);. The van der Waals surface area contributed by atoms with Crippen LogP contribution in [0.1, 0.15) is 26.3 Å². The molecule has 0 heterocycles. The van der Waals surface area contributed by atoms with Gasteiger partial charge in [0.05, 0.1) is 5.56 Å². The third-order valence-electron chi connectivity index (χ3n) is 2.51. The number of halogens is 3. The molecule has 0 saturated carbocycles. The molecule has 0 saturated heterocycles. The fourth-order valence-electron chi connectivity index (χ4n) is 1.62. The number of benzene rings is 2. The van der Waals surface area contributed by atoms with Crippen LogP contribution in [0.3, 0.4) is 0 Å². The fourth-order valence-corrected chi connectivity index (χ4v) is 1.75. The van der Waals surface area contributed by atoms with Gasteiger partial charge in [-0.3, -0.25) is 4.79 Å². The highest BCUT2D eigenvalue weighted by Crippen LogP contribution is 2.17. The highest BCUT2D eigenvalue weighted by Gasteiger charge is 2.16. The minimum atomic E-state index is -3.72. The Kier molecular flexibility index (Phi) is 7.02. The first kappa shape index (κ1) is 19.4. The number of carboxylic acid groups (broad SMARTS) is 1. The molecule has 0 aromatic heterocycles. The molecule has 2 rings (SSSR count). The van der Waals surface area contributed by atoms with Crippen molar-refractivity contribution < 1.29 is 23.1 Å². The first-order chi connectivity index (χ1) is 10.6. The van der Waals surface area contributed by atoms with Gasteiger partial charge < -0.3 is 5.11 Å². The topological polar surface area (TPSA) is 88.5 Å². The Morgan fingerprint density at radius 1 is 0.870 bits per heavy atom. The second-order valence-electron chi connectivity index (χ2n) is 4.07. The maximum absolute atomic E-state index is 12.2. The molecule has 0 aliphatic carbocycles. The number of carbonyl (C=O) groups is 2. The molecule has 2 aromatic rings. The van der Waals surface area contributed by atoms with Gasteiger partial charge in [0.25, 0.3) is 0 Å². The lowest BCUT2D eigenvalue weighted by atomic mass is 9.98. The van der Waals surface area contributed by atoms with E-state index in [0.29, 0.717) is 10.6 Å². The normalized spacial score (nSPS) is 10.4. The van der Waals surface area contributed by atoms with E-state index in [2.05, 4.69) is 21.4 Å². The number of ketones is 1.